The van der Waals surface area contributed by atoms with Gasteiger partial charge in [0.05, 0.1) is 0 Å². The van der Waals surface area contributed by atoms with E-state index in [1.54, 1.807) is 30.3 Å². The molecule has 0 saturated carbocycles. The zero-order valence-electron chi connectivity index (χ0n) is 14.4. The first kappa shape index (κ1) is 20.0. The van der Waals surface area contributed by atoms with Gasteiger partial charge in [-0.1, -0.05) is 30.3 Å². The number of carbonyl (C=O) groups is 2. The summed E-state index contributed by atoms with van der Waals surface area (Å²) >= 11 is 1.49. The number of sulfonamides is 1. The molecule has 1 heterocycles. The second-order valence-electron chi connectivity index (χ2n) is 5.49. The lowest BCUT2D eigenvalue weighted by Crippen LogP contribution is -2.30. The Morgan fingerprint density at radius 3 is 2.50 bits per heavy atom. The quantitative estimate of drug-likeness (QED) is 0.550. The number of benzene rings is 1. The molecule has 0 bridgehead atoms. The van der Waals surface area contributed by atoms with E-state index in [1.165, 1.54) is 17.4 Å². The number of ketones is 1. The summed E-state index contributed by atoms with van der Waals surface area (Å²) in [5.41, 5.74) is 1.24. The van der Waals surface area contributed by atoms with Gasteiger partial charge >= 0.3 is 5.97 Å². The van der Waals surface area contributed by atoms with E-state index in [-0.39, 0.29) is 5.78 Å². The zero-order valence-corrected chi connectivity index (χ0v) is 16.0. The molecule has 2 rings (SSSR count). The molecular formula is C18H19NO5S2. The van der Waals surface area contributed by atoms with Crippen LogP contribution >= 0.6 is 11.3 Å². The van der Waals surface area contributed by atoms with Crippen LogP contribution in [-0.4, -0.2) is 33.3 Å². The van der Waals surface area contributed by atoms with Crippen LogP contribution in [0.5, 0.6) is 0 Å². The molecule has 0 unspecified atom stereocenters. The van der Waals surface area contributed by atoms with Crippen LogP contribution in [0.3, 0.4) is 0 Å². The van der Waals surface area contributed by atoms with E-state index in [1.807, 2.05) is 19.9 Å². The maximum absolute atomic E-state index is 12.0. The predicted molar refractivity (Wildman–Crippen MR) is 101 cm³/mol. The van der Waals surface area contributed by atoms with Gasteiger partial charge in [-0.2, -0.15) is 0 Å². The molecule has 8 heteroatoms. The van der Waals surface area contributed by atoms with Crippen molar-refractivity contribution >= 4 is 39.2 Å². The SMILES string of the molecule is Cc1cc(C(=O)COC(=O)CNS(=O)(=O)/C=C/c2ccccc2)c(C)s1. The number of hydrogen-bond acceptors (Lipinski definition) is 6. The van der Waals surface area contributed by atoms with Crippen molar-refractivity contribution in [2.45, 2.75) is 13.8 Å². The minimum absolute atomic E-state index is 0.313. The lowest BCUT2D eigenvalue weighted by atomic mass is 10.2. The highest BCUT2D eigenvalue weighted by atomic mass is 32.2. The molecule has 138 valence electrons. The third kappa shape index (κ3) is 6.21. The van der Waals surface area contributed by atoms with Crippen molar-refractivity contribution in [3.8, 4) is 0 Å². The van der Waals surface area contributed by atoms with Crippen molar-refractivity contribution in [3.63, 3.8) is 0 Å². The van der Waals surface area contributed by atoms with Gasteiger partial charge in [0.25, 0.3) is 0 Å². The number of esters is 1. The van der Waals surface area contributed by atoms with E-state index in [0.29, 0.717) is 11.1 Å². The molecule has 0 radical (unpaired) electrons. The Morgan fingerprint density at radius 1 is 1.19 bits per heavy atom. The predicted octanol–water partition coefficient (Wildman–Crippen LogP) is 2.68. The smallest absolute Gasteiger partial charge is 0.321 e. The first-order valence-corrected chi connectivity index (χ1v) is 10.1. The highest BCUT2D eigenvalue weighted by molar-refractivity contribution is 7.92. The molecule has 0 spiro atoms. The molecule has 0 aliphatic rings. The standard InChI is InChI=1S/C18H19NO5S2/c1-13-10-16(14(2)25-13)17(20)12-24-18(21)11-19-26(22,23)9-8-15-6-4-3-5-7-15/h3-10,19H,11-12H2,1-2H3/b9-8+. The van der Waals surface area contributed by atoms with Gasteiger partial charge in [-0.25, -0.2) is 13.1 Å². The summed E-state index contributed by atoms with van der Waals surface area (Å²) in [6.45, 7) is 2.74. The molecule has 26 heavy (non-hydrogen) atoms. The fourth-order valence-electron chi connectivity index (χ4n) is 2.12. The average molecular weight is 393 g/mol. The van der Waals surface area contributed by atoms with Gasteiger partial charge in [0.2, 0.25) is 15.8 Å². The third-order valence-electron chi connectivity index (χ3n) is 3.36. The van der Waals surface area contributed by atoms with Crippen LogP contribution < -0.4 is 4.72 Å². The number of hydrogen-bond donors (Lipinski definition) is 1. The van der Waals surface area contributed by atoms with Crippen molar-refractivity contribution in [1.82, 2.24) is 4.72 Å². The average Bonchev–Trinajstić information content (AvgIpc) is 2.95. The Balaban J connectivity index is 1.81. The van der Waals surface area contributed by atoms with Gasteiger partial charge in [0.15, 0.2) is 6.61 Å². The highest BCUT2D eigenvalue weighted by Gasteiger charge is 2.15. The monoisotopic (exact) mass is 393 g/mol. The van der Waals surface area contributed by atoms with Crippen LogP contribution in [0.4, 0.5) is 0 Å². The molecule has 0 amide bonds. The number of Topliss-reactive ketones (excluding diaryl/α,β-unsaturated/α-hetero) is 1. The minimum Gasteiger partial charge on any atom is -0.456 e. The first-order chi connectivity index (χ1) is 12.3. The lowest BCUT2D eigenvalue weighted by Gasteiger charge is -2.05. The molecule has 0 atom stereocenters. The molecule has 1 N–H and O–H groups in total. The summed E-state index contributed by atoms with van der Waals surface area (Å²) in [5.74, 6) is -1.13. The summed E-state index contributed by atoms with van der Waals surface area (Å²) < 4.78 is 30.6. The van der Waals surface area contributed by atoms with Gasteiger partial charge in [0.1, 0.15) is 6.54 Å². The van der Waals surface area contributed by atoms with E-state index >= 15 is 0 Å². The summed E-state index contributed by atoms with van der Waals surface area (Å²) in [7, 11) is -3.78. The Kier molecular flexibility index (Phi) is 6.84. The molecule has 6 nitrogen and oxygen atoms in total. The molecule has 0 aliphatic carbocycles. The summed E-state index contributed by atoms with van der Waals surface area (Å²) in [5, 5.41) is 0.970. The van der Waals surface area contributed by atoms with Crippen molar-refractivity contribution in [2.75, 3.05) is 13.2 Å². The molecule has 2 aromatic rings. The van der Waals surface area contributed by atoms with E-state index in [9.17, 15) is 18.0 Å². The van der Waals surface area contributed by atoms with Crippen LogP contribution in [0.15, 0.2) is 41.8 Å². The Labute approximate surface area is 156 Å². The zero-order chi connectivity index (χ0) is 19.2. The topological polar surface area (TPSA) is 89.5 Å². The minimum atomic E-state index is -3.78. The van der Waals surface area contributed by atoms with Crippen LogP contribution in [0.2, 0.25) is 0 Å². The number of carbonyl (C=O) groups excluding carboxylic acids is 2. The Morgan fingerprint density at radius 2 is 1.88 bits per heavy atom. The third-order valence-corrected chi connectivity index (χ3v) is 5.37. The molecule has 0 saturated heterocycles. The van der Waals surface area contributed by atoms with Crippen molar-refractivity contribution < 1.29 is 22.7 Å². The van der Waals surface area contributed by atoms with E-state index in [2.05, 4.69) is 4.72 Å². The Hall–Kier alpha value is -2.29. The van der Waals surface area contributed by atoms with Gasteiger partial charge in [-0.15, -0.1) is 11.3 Å². The van der Waals surface area contributed by atoms with Gasteiger partial charge in [-0.05, 0) is 31.6 Å². The summed E-state index contributed by atoms with van der Waals surface area (Å²) in [4.78, 5) is 25.5. The van der Waals surface area contributed by atoms with E-state index in [4.69, 9.17) is 4.74 Å². The number of nitrogens with one attached hydrogen (secondary N) is 1. The second kappa shape index (κ2) is 8.88. The largest absolute Gasteiger partial charge is 0.456 e. The molecular weight excluding hydrogens is 374 g/mol. The molecule has 1 aromatic heterocycles. The van der Waals surface area contributed by atoms with E-state index in [0.717, 1.165) is 15.2 Å². The van der Waals surface area contributed by atoms with E-state index < -0.39 is 29.1 Å². The van der Waals surface area contributed by atoms with Crippen molar-refractivity contribution in [2.24, 2.45) is 0 Å². The molecule has 1 aromatic carbocycles. The van der Waals surface area contributed by atoms with Crippen LogP contribution in [0.1, 0.15) is 25.7 Å². The van der Waals surface area contributed by atoms with Crippen molar-refractivity contribution in [3.05, 3.63) is 62.7 Å². The van der Waals surface area contributed by atoms with Gasteiger partial charge in [-0.3, -0.25) is 9.59 Å². The van der Waals surface area contributed by atoms with Crippen LogP contribution in [-0.2, 0) is 19.6 Å². The fourth-order valence-corrected chi connectivity index (χ4v) is 3.82. The number of ether oxygens (including phenoxy) is 1. The fraction of sp³-hybridized carbons (Fsp3) is 0.222. The normalized spacial score (nSPS) is 11.6. The van der Waals surface area contributed by atoms with Crippen LogP contribution in [0, 0.1) is 13.8 Å². The van der Waals surface area contributed by atoms with Crippen LogP contribution in [0.25, 0.3) is 6.08 Å². The maximum atomic E-state index is 12.0. The summed E-state index contributed by atoms with van der Waals surface area (Å²) in [6.07, 6.45) is 1.42. The lowest BCUT2D eigenvalue weighted by molar-refractivity contribution is -0.141. The number of aryl methyl sites for hydroxylation is 2. The van der Waals surface area contributed by atoms with Crippen molar-refractivity contribution in [1.29, 1.82) is 0 Å². The maximum Gasteiger partial charge on any atom is 0.321 e. The molecule has 0 aliphatic heterocycles. The number of thiophene rings is 1. The summed E-state index contributed by atoms with van der Waals surface area (Å²) in [6, 6.07) is 10.6. The highest BCUT2D eigenvalue weighted by Crippen LogP contribution is 2.20. The van der Waals surface area contributed by atoms with Gasteiger partial charge < -0.3 is 4.74 Å². The Bertz CT molecular complexity index is 914. The first-order valence-electron chi connectivity index (χ1n) is 7.75. The van der Waals surface area contributed by atoms with Gasteiger partial charge in [0, 0.05) is 20.7 Å². The second-order valence-corrected chi connectivity index (χ2v) is 8.60. The molecule has 0 fully saturated rings. The number of rotatable bonds is 8.